The van der Waals surface area contributed by atoms with Crippen molar-refractivity contribution < 1.29 is 4.79 Å². The topological polar surface area (TPSA) is 70.5 Å². The number of hydrogen-bond donors (Lipinski definition) is 1. The molecule has 6 nitrogen and oxygen atoms in total. The van der Waals surface area contributed by atoms with Gasteiger partial charge in [0.2, 0.25) is 11.9 Å². The SMILES string of the molecule is CC(=O)Nc1cnc(N2CSC(C)=N2)nc1. The van der Waals surface area contributed by atoms with Crippen LogP contribution in [0.5, 0.6) is 0 Å². The predicted octanol–water partition coefficient (Wildman–Crippen LogP) is 1.28. The maximum Gasteiger partial charge on any atom is 0.247 e. The molecule has 1 aliphatic rings. The van der Waals surface area contributed by atoms with Gasteiger partial charge in [-0.25, -0.2) is 15.0 Å². The van der Waals surface area contributed by atoms with Crippen LogP contribution in [0.1, 0.15) is 13.8 Å². The van der Waals surface area contributed by atoms with Crippen LogP contribution in [0.3, 0.4) is 0 Å². The van der Waals surface area contributed by atoms with E-state index in [-0.39, 0.29) is 5.91 Å². The van der Waals surface area contributed by atoms with Crippen molar-refractivity contribution in [3.05, 3.63) is 12.4 Å². The molecule has 1 aliphatic heterocycles. The number of amides is 1. The van der Waals surface area contributed by atoms with E-state index in [4.69, 9.17) is 0 Å². The summed E-state index contributed by atoms with van der Waals surface area (Å²) in [5.41, 5.74) is 0.587. The number of rotatable bonds is 2. The van der Waals surface area contributed by atoms with Crippen molar-refractivity contribution in [3.8, 4) is 0 Å². The van der Waals surface area contributed by atoms with E-state index in [1.165, 1.54) is 6.92 Å². The molecule has 84 valence electrons. The second-order valence-corrected chi connectivity index (χ2v) is 4.38. The van der Waals surface area contributed by atoms with Crippen LogP contribution < -0.4 is 10.3 Å². The van der Waals surface area contributed by atoms with Gasteiger partial charge < -0.3 is 5.32 Å². The summed E-state index contributed by atoms with van der Waals surface area (Å²) in [6.45, 7) is 3.38. The van der Waals surface area contributed by atoms with Crippen LogP contribution >= 0.6 is 11.8 Å². The standard InChI is InChI=1S/C9H11N5OS/c1-6(15)12-8-3-10-9(11-4-8)14-5-16-7(2)13-14/h3-4H,5H2,1-2H3,(H,12,15). The van der Waals surface area contributed by atoms with Gasteiger partial charge in [0.1, 0.15) is 0 Å². The first kappa shape index (κ1) is 10.9. The molecule has 0 saturated carbocycles. The molecule has 0 aliphatic carbocycles. The van der Waals surface area contributed by atoms with Gasteiger partial charge in [0.05, 0.1) is 29.0 Å². The fraction of sp³-hybridized carbons (Fsp3) is 0.333. The van der Waals surface area contributed by atoms with E-state index < -0.39 is 0 Å². The first-order valence-corrected chi connectivity index (χ1v) is 5.69. The van der Waals surface area contributed by atoms with Crippen molar-refractivity contribution in [2.24, 2.45) is 5.10 Å². The lowest BCUT2D eigenvalue weighted by Gasteiger charge is -2.10. The smallest absolute Gasteiger partial charge is 0.247 e. The van der Waals surface area contributed by atoms with Gasteiger partial charge in [0.25, 0.3) is 0 Å². The minimum Gasteiger partial charge on any atom is -0.324 e. The maximum absolute atomic E-state index is 10.8. The minimum absolute atomic E-state index is 0.137. The molecule has 2 rings (SSSR count). The van der Waals surface area contributed by atoms with Gasteiger partial charge in [-0.15, -0.1) is 0 Å². The number of anilines is 2. The van der Waals surface area contributed by atoms with Crippen LogP contribution in [-0.2, 0) is 4.79 Å². The Morgan fingerprint density at radius 3 is 2.69 bits per heavy atom. The lowest BCUT2D eigenvalue weighted by atomic mass is 10.5. The summed E-state index contributed by atoms with van der Waals surface area (Å²) < 4.78 is 0. The van der Waals surface area contributed by atoms with Crippen LogP contribution in [0.15, 0.2) is 17.5 Å². The molecule has 0 radical (unpaired) electrons. The van der Waals surface area contributed by atoms with E-state index in [1.54, 1.807) is 29.2 Å². The van der Waals surface area contributed by atoms with E-state index >= 15 is 0 Å². The molecule has 0 fully saturated rings. The average Bonchev–Trinajstić information content (AvgIpc) is 2.65. The Balaban J connectivity index is 2.10. The molecule has 2 heterocycles. The molecular weight excluding hydrogens is 226 g/mol. The summed E-state index contributed by atoms with van der Waals surface area (Å²) in [4.78, 5) is 19.1. The van der Waals surface area contributed by atoms with Crippen LogP contribution in [0.2, 0.25) is 0 Å². The Labute approximate surface area is 97.1 Å². The van der Waals surface area contributed by atoms with Crippen LogP contribution in [0, 0.1) is 0 Å². The molecule has 0 bridgehead atoms. The fourth-order valence-electron chi connectivity index (χ4n) is 1.21. The van der Waals surface area contributed by atoms with E-state index in [0.717, 1.165) is 10.9 Å². The summed E-state index contributed by atoms with van der Waals surface area (Å²) in [6, 6.07) is 0. The van der Waals surface area contributed by atoms with E-state index in [9.17, 15) is 4.79 Å². The highest BCUT2D eigenvalue weighted by Gasteiger charge is 2.15. The molecule has 7 heteroatoms. The summed E-state index contributed by atoms with van der Waals surface area (Å²) in [6.07, 6.45) is 3.13. The monoisotopic (exact) mass is 237 g/mol. The Morgan fingerprint density at radius 1 is 1.50 bits per heavy atom. The van der Waals surface area contributed by atoms with Gasteiger partial charge >= 0.3 is 0 Å². The molecule has 0 saturated heterocycles. The summed E-state index contributed by atoms with van der Waals surface area (Å²) in [5.74, 6) is 1.13. The van der Waals surface area contributed by atoms with Gasteiger partial charge in [0, 0.05) is 6.92 Å². The number of hydrazone groups is 1. The normalized spacial score (nSPS) is 14.9. The Kier molecular flexibility index (Phi) is 3.04. The molecule has 0 unspecified atom stereocenters. The average molecular weight is 237 g/mol. The van der Waals surface area contributed by atoms with E-state index in [0.29, 0.717) is 11.6 Å². The lowest BCUT2D eigenvalue weighted by Crippen LogP contribution is -2.14. The molecule has 0 spiro atoms. The molecule has 1 amide bonds. The predicted molar refractivity (Wildman–Crippen MR) is 64.4 cm³/mol. The number of nitrogens with zero attached hydrogens (tertiary/aromatic N) is 4. The number of carbonyl (C=O) groups is 1. The summed E-state index contributed by atoms with van der Waals surface area (Å²) in [5, 5.41) is 9.57. The number of aromatic nitrogens is 2. The fourth-order valence-corrected chi connectivity index (χ4v) is 1.85. The first-order valence-electron chi connectivity index (χ1n) is 4.70. The van der Waals surface area contributed by atoms with Crippen LogP contribution in [-0.4, -0.2) is 26.8 Å². The second kappa shape index (κ2) is 4.48. The highest BCUT2D eigenvalue weighted by molar-refractivity contribution is 8.14. The quantitative estimate of drug-likeness (QED) is 0.839. The zero-order valence-corrected chi connectivity index (χ0v) is 9.78. The molecule has 1 N–H and O–H groups in total. The molecular formula is C9H11N5OS. The summed E-state index contributed by atoms with van der Waals surface area (Å²) in [7, 11) is 0. The largest absolute Gasteiger partial charge is 0.324 e. The molecule has 1 aromatic rings. The van der Waals surface area contributed by atoms with Crippen molar-refractivity contribution in [3.63, 3.8) is 0 Å². The Morgan fingerprint density at radius 2 is 2.19 bits per heavy atom. The van der Waals surface area contributed by atoms with Crippen molar-refractivity contribution >= 4 is 34.3 Å². The van der Waals surface area contributed by atoms with E-state index in [2.05, 4.69) is 20.4 Å². The lowest BCUT2D eigenvalue weighted by molar-refractivity contribution is -0.114. The number of thioether (sulfide) groups is 1. The van der Waals surface area contributed by atoms with Crippen LogP contribution in [0.4, 0.5) is 11.6 Å². The third kappa shape index (κ3) is 2.48. The number of carbonyl (C=O) groups excluding carboxylic acids is 1. The highest BCUT2D eigenvalue weighted by atomic mass is 32.2. The van der Waals surface area contributed by atoms with Crippen molar-refractivity contribution in [1.82, 2.24) is 9.97 Å². The van der Waals surface area contributed by atoms with Crippen molar-refractivity contribution in [2.75, 3.05) is 16.2 Å². The highest BCUT2D eigenvalue weighted by Crippen LogP contribution is 2.21. The third-order valence-electron chi connectivity index (χ3n) is 1.85. The van der Waals surface area contributed by atoms with E-state index in [1.807, 2.05) is 6.92 Å². The molecule has 1 aromatic heterocycles. The molecule has 16 heavy (non-hydrogen) atoms. The minimum atomic E-state index is -0.137. The maximum atomic E-state index is 10.8. The Hall–Kier alpha value is -1.63. The van der Waals surface area contributed by atoms with Gasteiger partial charge in [-0.1, -0.05) is 11.8 Å². The van der Waals surface area contributed by atoms with Gasteiger partial charge in [-0.05, 0) is 6.92 Å². The number of nitrogens with one attached hydrogen (secondary N) is 1. The second-order valence-electron chi connectivity index (χ2n) is 3.24. The Bertz CT molecular complexity index is 430. The van der Waals surface area contributed by atoms with Gasteiger partial charge in [-0.3, -0.25) is 4.79 Å². The first-order chi connectivity index (χ1) is 7.65. The third-order valence-corrected chi connectivity index (χ3v) is 2.72. The summed E-state index contributed by atoms with van der Waals surface area (Å²) >= 11 is 1.64. The van der Waals surface area contributed by atoms with Crippen molar-refractivity contribution in [1.29, 1.82) is 0 Å². The zero-order chi connectivity index (χ0) is 11.5. The zero-order valence-electron chi connectivity index (χ0n) is 8.97. The van der Waals surface area contributed by atoms with Gasteiger partial charge in [0.15, 0.2) is 0 Å². The molecule has 0 atom stereocenters. The molecule has 0 aromatic carbocycles. The van der Waals surface area contributed by atoms with Crippen molar-refractivity contribution in [2.45, 2.75) is 13.8 Å². The number of hydrogen-bond acceptors (Lipinski definition) is 6. The van der Waals surface area contributed by atoms with Crippen LogP contribution in [0.25, 0.3) is 0 Å². The van der Waals surface area contributed by atoms with Gasteiger partial charge in [-0.2, -0.15) is 5.10 Å².